The van der Waals surface area contributed by atoms with Crippen LogP contribution in [0.25, 0.3) is 11.1 Å². The van der Waals surface area contributed by atoms with Gasteiger partial charge in [-0.1, -0.05) is 54.6 Å². The van der Waals surface area contributed by atoms with Gasteiger partial charge in [0.1, 0.15) is 18.2 Å². The second-order valence-corrected chi connectivity index (χ2v) is 8.24. The fraction of sp³-hybridized carbons (Fsp3) is 0.435. The molecular formula is C23H31N2O3+. The molecule has 1 amide bonds. The van der Waals surface area contributed by atoms with Gasteiger partial charge in [-0.3, -0.25) is 0 Å². The molecule has 2 aromatic carbocycles. The molecule has 0 saturated carbocycles. The molecule has 2 N–H and O–H groups in total. The van der Waals surface area contributed by atoms with Crippen LogP contribution in [0.1, 0.15) is 25.3 Å². The standard InChI is InChI=1S/C23H30N2O3/c1-17(26)22-15-20(13-14-25(22,2)3)28-23(27)24-16-19-11-7-8-12-21(19)18-9-5-4-6-10-18/h4-12,17,20,22,26H,13-16H2,1-3H3/p+1/t17-,20+,22+/m1/s1. The van der Waals surface area contributed by atoms with Crippen molar-refractivity contribution in [2.24, 2.45) is 0 Å². The van der Waals surface area contributed by atoms with Crippen LogP contribution in [0.3, 0.4) is 0 Å². The van der Waals surface area contributed by atoms with Gasteiger partial charge in [0.2, 0.25) is 0 Å². The molecule has 0 spiro atoms. The third kappa shape index (κ3) is 4.91. The number of rotatable bonds is 5. The monoisotopic (exact) mass is 383 g/mol. The molecule has 3 rings (SSSR count). The van der Waals surface area contributed by atoms with Crippen molar-refractivity contribution in [3.05, 3.63) is 60.2 Å². The van der Waals surface area contributed by atoms with E-state index in [0.29, 0.717) is 13.0 Å². The van der Waals surface area contributed by atoms with Crippen LogP contribution in [0.2, 0.25) is 0 Å². The molecule has 2 aromatic rings. The van der Waals surface area contributed by atoms with E-state index < -0.39 is 12.2 Å². The minimum absolute atomic E-state index is 0.0744. The summed E-state index contributed by atoms with van der Waals surface area (Å²) in [6, 6.07) is 18.3. The van der Waals surface area contributed by atoms with E-state index in [4.69, 9.17) is 4.74 Å². The number of ether oxygens (including phenoxy) is 1. The second-order valence-electron chi connectivity index (χ2n) is 8.24. The van der Waals surface area contributed by atoms with E-state index in [0.717, 1.165) is 34.1 Å². The Balaban J connectivity index is 1.59. The number of aliphatic hydroxyl groups excluding tert-OH is 1. The van der Waals surface area contributed by atoms with Crippen LogP contribution in [0.5, 0.6) is 0 Å². The molecule has 1 saturated heterocycles. The van der Waals surface area contributed by atoms with Crippen molar-refractivity contribution in [2.75, 3.05) is 20.6 Å². The van der Waals surface area contributed by atoms with Gasteiger partial charge in [0, 0.05) is 19.4 Å². The maximum absolute atomic E-state index is 12.4. The van der Waals surface area contributed by atoms with Gasteiger partial charge in [-0.15, -0.1) is 0 Å². The summed E-state index contributed by atoms with van der Waals surface area (Å²) in [4.78, 5) is 12.4. The Morgan fingerprint density at radius 1 is 1.18 bits per heavy atom. The van der Waals surface area contributed by atoms with Crippen LogP contribution in [-0.2, 0) is 11.3 Å². The zero-order valence-corrected chi connectivity index (χ0v) is 17.0. The van der Waals surface area contributed by atoms with Crippen LogP contribution in [0.4, 0.5) is 4.79 Å². The van der Waals surface area contributed by atoms with E-state index in [2.05, 4.69) is 37.6 Å². The Hall–Kier alpha value is -2.37. The number of alkyl carbamates (subject to hydrolysis) is 1. The van der Waals surface area contributed by atoms with Crippen molar-refractivity contribution in [1.29, 1.82) is 0 Å². The lowest BCUT2D eigenvalue weighted by atomic mass is 9.94. The van der Waals surface area contributed by atoms with E-state index in [1.807, 2.05) is 43.3 Å². The normalized spacial score (nSPS) is 22.3. The molecule has 150 valence electrons. The molecular weight excluding hydrogens is 352 g/mol. The average Bonchev–Trinajstić information content (AvgIpc) is 2.68. The number of carbonyl (C=O) groups excluding carboxylic acids is 1. The highest BCUT2D eigenvalue weighted by molar-refractivity contribution is 5.70. The second kappa shape index (κ2) is 8.76. The first kappa shape index (κ1) is 20.4. The van der Waals surface area contributed by atoms with Crippen molar-refractivity contribution < 1.29 is 19.1 Å². The highest BCUT2D eigenvalue weighted by Crippen LogP contribution is 2.27. The molecule has 0 aliphatic carbocycles. The predicted octanol–water partition coefficient (Wildman–Crippen LogP) is 3.57. The number of nitrogens with zero attached hydrogens (tertiary/aromatic N) is 1. The largest absolute Gasteiger partial charge is 0.446 e. The number of amides is 1. The number of hydrogen-bond donors (Lipinski definition) is 2. The fourth-order valence-corrected chi connectivity index (χ4v) is 4.14. The summed E-state index contributed by atoms with van der Waals surface area (Å²) < 4.78 is 6.41. The van der Waals surface area contributed by atoms with E-state index in [1.54, 1.807) is 0 Å². The van der Waals surface area contributed by atoms with Gasteiger partial charge < -0.3 is 19.6 Å². The number of benzene rings is 2. The number of aliphatic hydroxyl groups is 1. The van der Waals surface area contributed by atoms with Gasteiger partial charge in [0.25, 0.3) is 0 Å². The Bertz CT molecular complexity index is 789. The van der Waals surface area contributed by atoms with Gasteiger partial charge in [-0.25, -0.2) is 4.79 Å². The van der Waals surface area contributed by atoms with Gasteiger partial charge in [-0.05, 0) is 23.6 Å². The van der Waals surface area contributed by atoms with E-state index in [9.17, 15) is 9.90 Å². The Labute approximate surface area is 167 Å². The van der Waals surface area contributed by atoms with E-state index in [1.165, 1.54) is 0 Å². The first-order valence-corrected chi connectivity index (χ1v) is 9.95. The zero-order valence-electron chi connectivity index (χ0n) is 17.0. The number of hydrogen-bond acceptors (Lipinski definition) is 3. The summed E-state index contributed by atoms with van der Waals surface area (Å²) in [6.45, 7) is 3.11. The molecule has 1 heterocycles. The van der Waals surface area contributed by atoms with Gasteiger partial charge in [0.05, 0.1) is 20.6 Å². The van der Waals surface area contributed by atoms with Gasteiger partial charge >= 0.3 is 6.09 Å². The maximum atomic E-state index is 12.4. The smallest absolute Gasteiger partial charge is 0.407 e. The Kier molecular flexibility index (Phi) is 6.37. The lowest BCUT2D eigenvalue weighted by molar-refractivity contribution is -0.924. The minimum atomic E-state index is -0.429. The number of likely N-dealkylation sites (N-methyl/N-ethyl adjacent to an activating group) is 1. The molecule has 0 aromatic heterocycles. The summed E-state index contributed by atoms with van der Waals surface area (Å²) in [7, 11) is 4.24. The van der Waals surface area contributed by atoms with Crippen LogP contribution < -0.4 is 5.32 Å². The average molecular weight is 384 g/mol. The summed E-state index contributed by atoms with van der Waals surface area (Å²) in [5, 5.41) is 13.0. The lowest BCUT2D eigenvalue weighted by Gasteiger charge is -2.45. The van der Waals surface area contributed by atoms with E-state index >= 15 is 0 Å². The van der Waals surface area contributed by atoms with Crippen molar-refractivity contribution in [3.63, 3.8) is 0 Å². The highest BCUT2D eigenvalue weighted by atomic mass is 16.6. The van der Waals surface area contributed by atoms with Gasteiger partial charge in [0.15, 0.2) is 0 Å². The summed E-state index contributed by atoms with van der Waals surface area (Å²) in [6.07, 6.45) is 0.505. The van der Waals surface area contributed by atoms with Crippen LogP contribution >= 0.6 is 0 Å². The molecule has 0 unspecified atom stereocenters. The van der Waals surface area contributed by atoms with Crippen LogP contribution in [-0.4, -0.2) is 54.6 Å². The molecule has 3 atom stereocenters. The van der Waals surface area contributed by atoms with Crippen LogP contribution in [0, 0.1) is 0 Å². The summed E-state index contributed by atoms with van der Waals surface area (Å²) >= 11 is 0. The molecule has 0 bridgehead atoms. The molecule has 1 aliphatic rings. The molecule has 1 aliphatic heterocycles. The van der Waals surface area contributed by atoms with Crippen molar-refractivity contribution in [1.82, 2.24) is 5.32 Å². The Morgan fingerprint density at radius 3 is 2.57 bits per heavy atom. The molecule has 0 radical (unpaired) electrons. The van der Waals surface area contributed by atoms with Crippen molar-refractivity contribution in [2.45, 2.75) is 44.6 Å². The minimum Gasteiger partial charge on any atom is -0.446 e. The number of nitrogens with one attached hydrogen (secondary N) is 1. The highest BCUT2D eigenvalue weighted by Gasteiger charge is 2.40. The third-order valence-corrected chi connectivity index (χ3v) is 5.79. The molecule has 5 heteroatoms. The third-order valence-electron chi connectivity index (χ3n) is 5.79. The number of piperidine rings is 1. The first-order chi connectivity index (χ1) is 13.4. The maximum Gasteiger partial charge on any atom is 0.407 e. The lowest BCUT2D eigenvalue weighted by Crippen LogP contribution is -2.59. The van der Waals surface area contributed by atoms with Crippen LogP contribution in [0.15, 0.2) is 54.6 Å². The first-order valence-electron chi connectivity index (χ1n) is 9.95. The quantitative estimate of drug-likeness (QED) is 0.776. The van der Waals surface area contributed by atoms with Crippen molar-refractivity contribution >= 4 is 6.09 Å². The number of likely N-dealkylation sites (tertiary alicyclic amines) is 1. The summed E-state index contributed by atoms with van der Waals surface area (Å²) in [5.41, 5.74) is 3.28. The zero-order chi connectivity index (χ0) is 20.1. The number of quaternary nitrogens is 1. The fourth-order valence-electron chi connectivity index (χ4n) is 4.14. The topological polar surface area (TPSA) is 58.6 Å². The predicted molar refractivity (Wildman–Crippen MR) is 111 cm³/mol. The summed E-state index contributed by atoms with van der Waals surface area (Å²) in [5.74, 6) is 0. The number of carbonyl (C=O) groups is 1. The van der Waals surface area contributed by atoms with E-state index in [-0.39, 0.29) is 12.1 Å². The molecule has 5 nitrogen and oxygen atoms in total. The molecule has 1 fully saturated rings. The van der Waals surface area contributed by atoms with Crippen molar-refractivity contribution in [3.8, 4) is 11.1 Å². The molecule has 28 heavy (non-hydrogen) atoms. The Morgan fingerprint density at radius 2 is 1.86 bits per heavy atom. The SMILES string of the molecule is C[C@@H](O)[C@@H]1C[C@@H](OC(=O)NCc2ccccc2-c2ccccc2)CC[N+]1(C)C. The van der Waals surface area contributed by atoms with Gasteiger partial charge in [-0.2, -0.15) is 0 Å².